The van der Waals surface area contributed by atoms with Crippen molar-refractivity contribution < 1.29 is 35.1 Å². The van der Waals surface area contributed by atoms with Crippen LogP contribution in [-0.2, 0) is 24.1 Å². The standard InChI is InChI=1S/C44H61ClN8O7/c1-2-3-4-9-22-53(26-35(55)40(57)41(58)36(56)27-54)23-10-11-28-15-19-31(20-16-28)51-44(60)34(46)24-30-18-17-29(32-13-5-6-14-33(30)32)12-7-8-21-49-42(47)38-39(43(48)59)52-37(45)25-50-38/h5-6,13-20,25,34-36,40-41,54-58H,2-4,7-12,21-24,26-27,46H2,1H3,(H2,47,49)(H2,48,59)(H,51,60)/t34-,35-,36+,40+,41+/m0/s1. The highest BCUT2D eigenvalue weighted by Crippen LogP contribution is 2.26. The lowest BCUT2D eigenvalue weighted by atomic mass is 9.93. The van der Waals surface area contributed by atoms with Gasteiger partial charge in [-0.2, -0.15) is 0 Å². The number of fused-ring (bicyclic) bond motifs is 1. The molecule has 0 bridgehead atoms. The second-order valence-corrected chi connectivity index (χ2v) is 15.6. The fourth-order valence-corrected chi connectivity index (χ4v) is 7.20. The van der Waals surface area contributed by atoms with Crippen molar-refractivity contribution in [3.63, 3.8) is 0 Å². The van der Waals surface area contributed by atoms with E-state index in [0.717, 1.165) is 85.3 Å². The van der Waals surface area contributed by atoms with Gasteiger partial charge in [-0.1, -0.05) is 86.3 Å². The number of hydrogen-bond acceptors (Lipinski definition) is 12. The summed E-state index contributed by atoms with van der Waals surface area (Å²) in [5, 5.41) is 54.9. The van der Waals surface area contributed by atoms with E-state index in [1.165, 1.54) is 6.20 Å². The number of amidine groups is 1. The highest BCUT2D eigenvalue weighted by molar-refractivity contribution is 6.29. The molecule has 60 heavy (non-hydrogen) atoms. The maximum Gasteiger partial charge on any atom is 0.269 e. The predicted octanol–water partition coefficient (Wildman–Crippen LogP) is 2.87. The number of halogens is 1. The lowest BCUT2D eigenvalue weighted by Gasteiger charge is -2.30. The molecule has 4 aromatic rings. The van der Waals surface area contributed by atoms with Gasteiger partial charge in [0.2, 0.25) is 5.91 Å². The number of aliphatic hydroxyl groups excluding tert-OH is 5. The molecule has 0 unspecified atom stereocenters. The highest BCUT2D eigenvalue weighted by atomic mass is 35.5. The van der Waals surface area contributed by atoms with Gasteiger partial charge in [-0.3, -0.25) is 14.6 Å². The summed E-state index contributed by atoms with van der Waals surface area (Å²) in [6.45, 7) is 3.31. The number of unbranched alkanes of at least 4 members (excludes halogenated alkanes) is 4. The number of nitrogens with zero attached hydrogens (tertiary/aromatic N) is 4. The Morgan fingerprint density at radius 3 is 2.17 bits per heavy atom. The van der Waals surface area contributed by atoms with E-state index < -0.39 is 43.0 Å². The number of benzene rings is 3. The molecule has 2 amide bonds. The van der Waals surface area contributed by atoms with Crippen molar-refractivity contribution in [3.8, 4) is 0 Å². The van der Waals surface area contributed by atoms with Crippen LogP contribution in [0.25, 0.3) is 10.8 Å². The molecule has 0 fully saturated rings. The van der Waals surface area contributed by atoms with Gasteiger partial charge >= 0.3 is 0 Å². The van der Waals surface area contributed by atoms with E-state index in [4.69, 9.17) is 33.9 Å². The summed E-state index contributed by atoms with van der Waals surface area (Å²) in [7, 11) is 0. The van der Waals surface area contributed by atoms with Crippen molar-refractivity contribution in [1.29, 1.82) is 0 Å². The van der Waals surface area contributed by atoms with Gasteiger partial charge < -0.3 is 53.0 Å². The quantitative estimate of drug-likeness (QED) is 0.0251. The second-order valence-electron chi connectivity index (χ2n) is 15.2. The molecule has 5 atom stereocenters. The number of nitrogens with two attached hydrogens (primary N) is 3. The molecular weight excluding hydrogens is 788 g/mol. The topological polar surface area (TPSA) is 267 Å². The lowest BCUT2D eigenvalue weighted by molar-refractivity contribution is -0.119. The summed E-state index contributed by atoms with van der Waals surface area (Å²) in [5.74, 6) is -1.02. The summed E-state index contributed by atoms with van der Waals surface area (Å²) < 4.78 is 0. The Hall–Kier alpha value is -4.58. The normalized spacial score (nSPS) is 14.5. The average molecular weight is 849 g/mol. The van der Waals surface area contributed by atoms with E-state index in [2.05, 4.69) is 44.2 Å². The summed E-state index contributed by atoms with van der Waals surface area (Å²) in [6.07, 6.45) is 3.57. The molecule has 16 heteroatoms. The first kappa shape index (κ1) is 48.1. The smallest absolute Gasteiger partial charge is 0.269 e. The van der Waals surface area contributed by atoms with E-state index >= 15 is 0 Å². The summed E-state index contributed by atoms with van der Waals surface area (Å²) in [5.41, 5.74) is 21.8. The average Bonchev–Trinajstić information content (AvgIpc) is 3.24. The van der Waals surface area contributed by atoms with Crippen LogP contribution in [0.5, 0.6) is 0 Å². The van der Waals surface area contributed by atoms with Crippen LogP contribution in [0.2, 0.25) is 5.15 Å². The predicted molar refractivity (Wildman–Crippen MR) is 235 cm³/mol. The van der Waals surface area contributed by atoms with Crippen LogP contribution in [-0.4, -0.2) is 121 Å². The van der Waals surface area contributed by atoms with Crippen molar-refractivity contribution in [3.05, 3.63) is 100 Å². The van der Waals surface area contributed by atoms with E-state index in [1.54, 1.807) is 0 Å². The van der Waals surface area contributed by atoms with Crippen LogP contribution in [0, 0.1) is 0 Å². The Morgan fingerprint density at radius 2 is 1.48 bits per heavy atom. The van der Waals surface area contributed by atoms with Crippen LogP contribution in [0.15, 0.2) is 71.9 Å². The molecule has 0 spiro atoms. The molecule has 0 aliphatic carbocycles. The van der Waals surface area contributed by atoms with E-state index in [-0.39, 0.29) is 34.8 Å². The van der Waals surface area contributed by atoms with Crippen LogP contribution >= 0.6 is 11.6 Å². The van der Waals surface area contributed by atoms with E-state index in [1.807, 2.05) is 48.5 Å². The zero-order valence-corrected chi connectivity index (χ0v) is 35.1. The summed E-state index contributed by atoms with van der Waals surface area (Å²) >= 11 is 5.84. The SMILES string of the molecule is CCCCCCN(CCCc1ccc(NC(=O)[C@@H](N)Cc2ccc(CCCCN=C(N)c3ncc(Cl)nc3C(N)=O)c3ccccc23)cc1)C[C@H](O)[C@@H](O)[C@H](O)[C@H](O)CO. The van der Waals surface area contributed by atoms with Crippen LogP contribution in [0.1, 0.15) is 84.7 Å². The number of aryl methyl sites for hydroxylation is 2. The van der Waals surface area contributed by atoms with Crippen molar-refractivity contribution in [2.24, 2.45) is 22.2 Å². The third-order valence-corrected chi connectivity index (χ3v) is 10.7. The Bertz CT molecular complexity index is 2000. The Kier molecular flexibility index (Phi) is 19.7. The minimum absolute atomic E-state index is 0.0329. The third-order valence-electron chi connectivity index (χ3n) is 10.5. The molecular formula is C44H61ClN8O7. The third kappa shape index (κ3) is 14.6. The fraction of sp³-hybridized carbons (Fsp3) is 0.477. The second kappa shape index (κ2) is 24.6. The van der Waals surface area contributed by atoms with Gasteiger partial charge in [-0.25, -0.2) is 9.97 Å². The number of carbonyl (C=O) groups is 2. The molecule has 0 aliphatic rings. The molecule has 3 aromatic carbocycles. The molecule has 0 radical (unpaired) electrons. The number of aromatic nitrogens is 2. The number of rotatable bonds is 26. The molecule has 4 rings (SSSR count). The van der Waals surface area contributed by atoms with Crippen molar-refractivity contribution >= 4 is 45.7 Å². The van der Waals surface area contributed by atoms with Crippen LogP contribution < -0.4 is 22.5 Å². The van der Waals surface area contributed by atoms with Gasteiger partial charge in [-0.05, 0) is 97.6 Å². The minimum Gasteiger partial charge on any atom is -0.394 e. The number of aliphatic hydroxyl groups is 5. The minimum atomic E-state index is -1.66. The fourth-order valence-electron chi connectivity index (χ4n) is 7.07. The first-order valence-corrected chi connectivity index (χ1v) is 21.0. The molecule has 1 aromatic heterocycles. The van der Waals surface area contributed by atoms with Gasteiger partial charge in [0, 0.05) is 18.8 Å². The molecule has 326 valence electrons. The van der Waals surface area contributed by atoms with Gasteiger partial charge in [0.25, 0.3) is 5.91 Å². The number of amides is 2. The van der Waals surface area contributed by atoms with Crippen LogP contribution in [0.3, 0.4) is 0 Å². The summed E-state index contributed by atoms with van der Waals surface area (Å²) in [4.78, 5) is 39.4. The van der Waals surface area contributed by atoms with Crippen molar-refractivity contribution in [2.45, 2.75) is 102 Å². The highest BCUT2D eigenvalue weighted by Gasteiger charge is 2.31. The number of nitrogens with one attached hydrogen (secondary N) is 1. The molecule has 0 aliphatic heterocycles. The van der Waals surface area contributed by atoms with Gasteiger partial charge in [0.15, 0.2) is 5.69 Å². The van der Waals surface area contributed by atoms with Gasteiger partial charge in [0.05, 0.1) is 24.9 Å². The molecule has 0 saturated heterocycles. The number of primary amides is 1. The van der Waals surface area contributed by atoms with E-state index in [9.17, 15) is 30.0 Å². The largest absolute Gasteiger partial charge is 0.394 e. The monoisotopic (exact) mass is 848 g/mol. The maximum absolute atomic E-state index is 13.2. The van der Waals surface area contributed by atoms with Gasteiger partial charge in [0.1, 0.15) is 35.0 Å². The first-order chi connectivity index (χ1) is 28.8. The Balaban J connectivity index is 1.27. The number of aliphatic imine (C=N–C) groups is 1. The Morgan fingerprint density at radius 1 is 0.817 bits per heavy atom. The number of hydrogen-bond donors (Lipinski definition) is 9. The molecule has 0 saturated carbocycles. The Labute approximate surface area is 356 Å². The zero-order valence-electron chi connectivity index (χ0n) is 34.3. The molecule has 1 heterocycles. The maximum atomic E-state index is 13.2. The zero-order chi connectivity index (χ0) is 43.6. The first-order valence-electron chi connectivity index (χ1n) is 20.7. The number of carbonyl (C=O) groups excluding carboxylic acids is 2. The van der Waals surface area contributed by atoms with Crippen molar-refractivity contribution in [1.82, 2.24) is 14.9 Å². The van der Waals surface area contributed by atoms with Gasteiger partial charge in [-0.15, -0.1) is 0 Å². The molecule has 12 N–H and O–H groups in total. The van der Waals surface area contributed by atoms with E-state index in [0.29, 0.717) is 31.7 Å². The lowest BCUT2D eigenvalue weighted by Crippen LogP contribution is -2.50. The van der Waals surface area contributed by atoms with Crippen molar-refractivity contribution in [2.75, 3.05) is 38.1 Å². The summed E-state index contributed by atoms with van der Waals surface area (Å²) in [6, 6.07) is 19.0. The van der Waals surface area contributed by atoms with Crippen LogP contribution in [0.4, 0.5) is 5.69 Å². The number of anilines is 1. The molecule has 15 nitrogen and oxygen atoms in total.